The summed E-state index contributed by atoms with van der Waals surface area (Å²) in [5, 5.41) is 5.92. The molecule has 0 aliphatic heterocycles. The molecule has 0 saturated carbocycles. The molecule has 0 amide bonds. The molecule has 3 nitrogen and oxygen atoms in total. The van der Waals surface area contributed by atoms with Crippen LogP contribution in [0, 0.1) is 5.82 Å². The number of hydrogen-bond donors (Lipinski definition) is 0. The summed E-state index contributed by atoms with van der Waals surface area (Å²) in [7, 11) is 0. The average Bonchev–Trinajstić information content (AvgIpc) is 2.61. The fourth-order valence-corrected chi connectivity index (χ4v) is 1.15. The van der Waals surface area contributed by atoms with Gasteiger partial charge in [0.1, 0.15) is 5.82 Å². The van der Waals surface area contributed by atoms with E-state index in [4.69, 9.17) is 0 Å². The van der Waals surface area contributed by atoms with Gasteiger partial charge in [-0.2, -0.15) is 13.2 Å². The average molecular weight is 422 g/mol. The summed E-state index contributed by atoms with van der Waals surface area (Å²) < 4.78 is 50.0. The molecule has 8 heteroatoms. The third-order valence-corrected chi connectivity index (χ3v) is 1.84. The first-order chi connectivity index (χ1) is 7.50. The van der Waals surface area contributed by atoms with Crippen molar-refractivity contribution in [2.75, 3.05) is 0 Å². The van der Waals surface area contributed by atoms with Crippen LogP contribution in [0.2, 0.25) is 0 Å². The maximum Gasteiger partial charge on any atom is 0.434 e. The molecule has 2 aromatic rings. The summed E-state index contributed by atoms with van der Waals surface area (Å²) in [5.74, 6) is -1.49. The van der Waals surface area contributed by atoms with E-state index >= 15 is 0 Å². The molecular weight excluding hydrogens is 418 g/mol. The van der Waals surface area contributed by atoms with E-state index in [0.29, 0.717) is 0 Å². The summed E-state index contributed by atoms with van der Waals surface area (Å²) in [4.78, 5) is 3.70. The summed E-state index contributed by atoms with van der Waals surface area (Å²) in [6.07, 6.45) is -3.51. The van der Waals surface area contributed by atoms with Gasteiger partial charge in [-0.05, 0) is 12.1 Å². The van der Waals surface area contributed by atoms with Crippen LogP contribution in [0.15, 0.2) is 24.4 Å². The second kappa shape index (κ2) is 4.93. The standard InChI is InChI=1S/C9H4F4N3.Ir/c10-6-7(5-3-1-2-4-14-5)15-16-8(6)9(11,12)13;/h1-4H;/q-1;. The zero-order chi connectivity index (χ0) is 11.8. The molecule has 0 N–H and O–H groups in total. The number of rotatable bonds is 1. The minimum absolute atomic E-state index is 0. The summed E-state index contributed by atoms with van der Waals surface area (Å²) in [6.45, 7) is 0. The van der Waals surface area contributed by atoms with Crippen molar-refractivity contribution in [2.45, 2.75) is 6.18 Å². The van der Waals surface area contributed by atoms with Gasteiger partial charge in [0.2, 0.25) is 0 Å². The van der Waals surface area contributed by atoms with E-state index in [2.05, 4.69) is 15.2 Å². The van der Waals surface area contributed by atoms with E-state index < -0.39 is 23.4 Å². The number of halogens is 4. The Bertz CT molecular complexity index is 495. The van der Waals surface area contributed by atoms with Crippen LogP contribution in [-0.2, 0) is 26.3 Å². The zero-order valence-corrected chi connectivity index (χ0v) is 10.4. The summed E-state index contributed by atoms with van der Waals surface area (Å²) >= 11 is 0. The molecule has 2 heterocycles. The fourth-order valence-electron chi connectivity index (χ4n) is 1.15. The minimum atomic E-state index is -4.84. The van der Waals surface area contributed by atoms with Gasteiger partial charge >= 0.3 is 6.18 Å². The van der Waals surface area contributed by atoms with Crippen LogP contribution in [0.3, 0.4) is 0 Å². The zero-order valence-electron chi connectivity index (χ0n) is 8.00. The third-order valence-electron chi connectivity index (χ3n) is 1.84. The molecular formula is C9H4F4IrN3-. The number of aromatic nitrogens is 3. The first-order valence-electron chi connectivity index (χ1n) is 4.17. The molecule has 2 aromatic heterocycles. The quantitative estimate of drug-likeness (QED) is 0.662. The number of hydrogen-bond acceptors (Lipinski definition) is 2. The molecule has 0 atom stereocenters. The predicted molar refractivity (Wildman–Crippen MR) is 45.7 cm³/mol. The Morgan fingerprint density at radius 2 is 1.88 bits per heavy atom. The Hall–Kier alpha value is -1.27. The van der Waals surface area contributed by atoms with Crippen LogP contribution in [0.25, 0.3) is 11.4 Å². The Morgan fingerprint density at radius 1 is 1.18 bits per heavy atom. The largest absolute Gasteiger partial charge is 0.571 e. The number of pyridine rings is 1. The Kier molecular flexibility index (Phi) is 4.00. The maximum atomic E-state index is 13.3. The molecule has 93 valence electrons. The molecule has 0 bridgehead atoms. The number of alkyl halides is 3. The van der Waals surface area contributed by atoms with Gasteiger partial charge in [-0.3, -0.25) is 4.98 Å². The van der Waals surface area contributed by atoms with Crippen LogP contribution >= 0.6 is 0 Å². The van der Waals surface area contributed by atoms with Gasteiger partial charge in [0.25, 0.3) is 0 Å². The van der Waals surface area contributed by atoms with Crippen molar-refractivity contribution in [1.29, 1.82) is 0 Å². The van der Waals surface area contributed by atoms with E-state index in [-0.39, 0.29) is 25.8 Å². The second-order valence-corrected chi connectivity index (χ2v) is 2.92. The van der Waals surface area contributed by atoms with Crippen LogP contribution in [0.1, 0.15) is 5.69 Å². The molecule has 0 spiro atoms. The summed E-state index contributed by atoms with van der Waals surface area (Å²) in [6, 6.07) is 4.43. The molecule has 0 aliphatic carbocycles. The van der Waals surface area contributed by atoms with E-state index in [1.807, 2.05) is 0 Å². The smallest absolute Gasteiger partial charge is 0.434 e. The second-order valence-electron chi connectivity index (χ2n) is 2.92. The van der Waals surface area contributed by atoms with Gasteiger partial charge < -0.3 is 10.2 Å². The van der Waals surface area contributed by atoms with E-state index in [1.54, 1.807) is 6.07 Å². The normalized spacial score (nSPS) is 11.1. The molecule has 0 aliphatic rings. The van der Waals surface area contributed by atoms with Gasteiger partial charge in [-0.25, -0.2) is 4.39 Å². The Morgan fingerprint density at radius 3 is 2.35 bits per heavy atom. The van der Waals surface area contributed by atoms with E-state index in [1.165, 1.54) is 18.3 Å². The summed E-state index contributed by atoms with van der Waals surface area (Å²) in [5.41, 5.74) is -2.09. The van der Waals surface area contributed by atoms with Crippen molar-refractivity contribution < 1.29 is 37.7 Å². The van der Waals surface area contributed by atoms with Crippen molar-refractivity contribution >= 4 is 0 Å². The van der Waals surface area contributed by atoms with Crippen LogP contribution in [-0.4, -0.2) is 10.1 Å². The van der Waals surface area contributed by atoms with Gasteiger partial charge in [0.15, 0.2) is 5.69 Å². The maximum absolute atomic E-state index is 13.3. The first kappa shape index (κ1) is 13.8. The van der Waals surface area contributed by atoms with Crippen molar-refractivity contribution in [3.8, 4) is 11.4 Å². The van der Waals surface area contributed by atoms with Gasteiger partial charge in [-0.15, -0.1) is 0 Å². The van der Waals surface area contributed by atoms with E-state index in [9.17, 15) is 17.6 Å². The van der Waals surface area contributed by atoms with Crippen LogP contribution < -0.4 is 5.10 Å². The number of nitrogens with zero attached hydrogens (tertiary/aromatic N) is 3. The fraction of sp³-hybridized carbons (Fsp3) is 0.111. The molecule has 0 fully saturated rings. The topological polar surface area (TPSA) is 39.9 Å². The Labute approximate surface area is 107 Å². The SMILES string of the molecule is Fc1c(C(F)(F)F)n[n-]c1-c1ccccn1.[Ir]. The van der Waals surface area contributed by atoms with E-state index in [0.717, 1.165) is 0 Å². The monoisotopic (exact) mass is 423 g/mol. The molecule has 0 unspecified atom stereocenters. The first-order valence-corrected chi connectivity index (χ1v) is 4.17. The molecule has 17 heavy (non-hydrogen) atoms. The van der Waals surface area contributed by atoms with Crippen molar-refractivity contribution in [1.82, 2.24) is 15.2 Å². The van der Waals surface area contributed by atoms with Crippen LogP contribution in [0.4, 0.5) is 17.6 Å². The Balaban J connectivity index is 0.00000144. The molecule has 2 rings (SSSR count). The van der Waals surface area contributed by atoms with Gasteiger partial charge in [0, 0.05) is 26.3 Å². The van der Waals surface area contributed by atoms with Gasteiger partial charge in [-0.1, -0.05) is 11.8 Å². The van der Waals surface area contributed by atoms with Crippen molar-refractivity contribution in [3.05, 3.63) is 35.9 Å². The molecule has 0 aromatic carbocycles. The third kappa shape index (κ3) is 2.70. The van der Waals surface area contributed by atoms with Crippen molar-refractivity contribution in [3.63, 3.8) is 0 Å². The van der Waals surface area contributed by atoms with Gasteiger partial charge in [0.05, 0.1) is 5.69 Å². The predicted octanol–water partition coefficient (Wildman–Crippen LogP) is 2.26. The van der Waals surface area contributed by atoms with Crippen LogP contribution in [0.5, 0.6) is 0 Å². The minimum Gasteiger partial charge on any atom is -0.571 e. The molecule has 1 radical (unpaired) electrons. The molecule has 0 saturated heterocycles. The van der Waals surface area contributed by atoms with Crippen molar-refractivity contribution in [2.24, 2.45) is 0 Å².